The minimum atomic E-state index is -1.07. The van der Waals surface area contributed by atoms with Gasteiger partial charge in [0.05, 0.1) is 16.3 Å². The summed E-state index contributed by atoms with van der Waals surface area (Å²) in [5, 5.41) is 11.0. The number of carboxylic acids is 1. The Morgan fingerprint density at radius 3 is 2.59 bits per heavy atom. The van der Waals surface area contributed by atoms with E-state index in [2.05, 4.69) is 4.98 Å². The zero-order valence-electron chi connectivity index (χ0n) is 8.54. The molecule has 1 rings (SSSR count). The lowest BCUT2D eigenvalue weighted by molar-refractivity contribution is -0.117. The maximum atomic E-state index is 11.0. The van der Waals surface area contributed by atoms with Gasteiger partial charge in [-0.05, 0) is 12.1 Å². The van der Waals surface area contributed by atoms with Crippen molar-refractivity contribution in [3.8, 4) is 0 Å². The van der Waals surface area contributed by atoms with E-state index < -0.39 is 17.9 Å². The summed E-state index contributed by atoms with van der Waals surface area (Å²) in [7, 11) is 0. The van der Waals surface area contributed by atoms with Gasteiger partial charge in [0.2, 0.25) is 5.91 Å². The number of carboxylic acid groups (broad SMARTS) is 1. The van der Waals surface area contributed by atoms with Gasteiger partial charge in [0.15, 0.2) is 0 Å². The predicted molar refractivity (Wildman–Crippen MR) is 59.6 cm³/mol. The molecule has 8 heteroatoms. The number of hydrogen-bond donors (Lipinski definition) is 3. The van der Waals surface area contributed by atoms with Crippen LogP contribution >= 0.6 is 11.8 Å². The molecule has 0 fully saturated rings. The summed E-state index contributed by atoms with van der Waals surface area (Å²) in [5.41, 5.74) is 4.82. The molecule has 7 nitrogen and oxygen atoms in total. The molecule has 0 atom stereocenters. The molecule has 1 aromatic heterocycles. The van der Waals surface area contributed by atoms with E-state index in [1.807, 2.05) is 5.32 Å². The molecule has 17 heavy (non-hydrogen) atoms. The van der Waals surface area contributed by atoms with Gasteiger partial charge in [-0.1, -0.05) is 11.8 Å². The summed E-state index contributed by atoms with van der Waals surface area (Å²) >= 11 is 1.07. The van der Waals surface area contributed by atoms with Crippen molar-refractivity contribution in [1.29, 1.82) is 0 Å². The summed E-state index contributed by atoms with van der Waals surface area (Å²) in [6.07, 6.45) is 1.19. The molecule has 0 spiro atoms. The van der Waals surface area contributed by atoms with Crippen LogP contribution in [0.15, 0.2) is 23.4 Å². The number of carbonyl (C=O) groups excluding carboxylic acids is 2. The first-order chi connectivity index (χ1) is 7.99. The third-order valence-electron chi connectivity index (χ3n) is 1.60. The molecule has 0 aliphatic carbocycles. The Labute approximate surface area is 100 Å². The highest BCUT2D eigenvalue weighted by Gasteiger charge is 2.07. The van der Waals surface area contributed by atoms with Crippen LogP contribution in [0, 0.1) is 0 Å². The number of rotatable bonds is 4. The Kier molecular flexibility index (Phi) is 4.46. The van der Waals surface area contributed by atoms with Crippen molar-refractivity contribution in [2.24, 2.45) is 5.73 Å². The predicted octanol–water partition coefficient (Wildman–Crippen LogP) is 0.0668. The first kappa shape index (κ1) is 13.0. The third kappa shape index (κ3) is 4.51. The maximum Gasteiger partial charge on any atom is 0.337 e. The lowest BCUT2D eigenvalue weighted by Crippen LogP contribution is -2.36. The Morgan fingerprint density at radius 1 is 1.41 bits per heavy atom. The van der Waals surface area contributed by atoms with E-state index in [1.54, 1.807) is 0 Å². The van der Waals surface area contributed by atoms with Crippen LogP contribution in [-0.4, -0.2) is 33.8 Å². The van der Waals surface area contributed by atoms with Gasteiger partial charge in [0.1, 0.15) is 0 Å². The number of nitrogens with one attached hydrogen (secondary N) is 1. The summed E-state index contributed by atoms with van der Waals surface area (Å²) in [4.78, 5) is 35.8. The fourth-order valence-electron chi connectivity index (χ4n) is 0.905. The molecule has 0 aliphatic heterocycles. The zero-order valence-corrected chi connectivity index (χ0v) is 9.36. The lowest BCUT2D eigenvalue weighted by Gasteiger charge is -2.01. The van der Waals surface area contributed by atoms with Crippen LogP contribution in [0.5, 0.6) is 0 Å². The van der Waals surface area contributed by atoms with Crippen LogP contribution in [0.3, 0.4) is 0 Å². The van der Waals surface area contributed by atoms with E-state index in [0.29, 0.717) is 5.03 Å². The SMILES string of the molecule is NC(=O)NC(=O)CSc1ccc(C(=O)O)cn1. The first-order valence-corrected chi connectivity index (χ1v) is 5.39. The van der Waals surface area contributed by atoms with Gasteiger partial charge in [-0.2, -0.15) is 0 Å². The molecule has 4 N–H and O–H groups in total. The molecule has 1 heterocycles. The van der Waals surface area contributed by atoms with Gasteiger partial charge < -0.3 is 10.8 Å². The van der Waals surface area contributed by atoms with Crippen LogP contribution in [0.1, 0.15) is 10.4 Å². The Morgan fingerprint density at radius 2 is 2.12 bits per heavy atom. The van der Waals surface area contributed by atoms with Crippen molar-refractivity contribution in [3.05, 3.63) is 23.9 Å². The van der Waals surface area contributed by atoms with Crippen molar-refractivity contribution in [2.75, 3.05) is 5.75 Å². The Balaban J connectivity index is 2.50. The molecule has 0 bridgehead atoms. The molecule has 0 radical (unpaired) electrons. The van der Waals surface area contributed by atoms with Crippen LogP contribution in [0.25, 0.3) is 0 Å². The summed E-state index contributed by atoms with van der Waals surface area (Å²) in [6.45, 7) is 0. The van der Waals surface area contributed by atoms with Gasteiger partial charge in [-0.15, -0.1) is 0 Å². The Hall–Kier alpha value is -2.09. The number of amides is 3. The number of pyridine rings is 1. The van der Waals surface area contributed by atoms with Gasteiger partial charge in [0.25, 0.3) is 0 Å². The molecule has 0 aliphatic rings. The quantitative estimate of drug-likeness (QED) is 0.654. The minimum Gasteiger partial charge on any atom is -0.478 e. The number of nitrogens with two attached hydrogens (primary N) is 1. The van der Waals surface area contributed by atoms with E-state index in [1.165, 1.54) is 18.3 Å². The number of primary amides is 1. The van der Waals surface area contributed by atoms with Crippen LogP contribution < -0.4 is 11.1 Å². The van der Waals surface area contributed by atoms with Crippen molar-refractivity contribution >= 4 is 29.7 Å². The molecular weight excluding hydrogens is 246 g/mol. The highest BCUT2D eigenvalue weighted by atomic mass is 32.2. The highest BCUT2D eigenvalue weighted by molar-refractivity contribution is 7.99. The van der Waals surface area contributed by atoms with E-state index in [0.717, 1.165) is 11.8 Å². The monoisotopic (exact) mass is 255 g/mol. The van der Waals surface area contributed by atoms with Crippen molar-refractivity contribution in [1.82, 2.24) is 10.3 Å². The summed E-state index contributed by atoms with van der Waals surface area (Å²) in [5.74, 6) is -1.63. The van der Waals surface area contributed by atoms with Crippen molar-refractivity contribution in [3.63, 3.8) is 0 Å². The van der Waals surface area contributed by atoms with Gasteiger partial charge in [0, 0.05) is 6.20 Å². The molecule has 0 unspecified atom stereocenters. The van der Waals surface area contributed by atoms with Crippen LogP contribution in [-0.2, 0) is 4.79 Å². The molecule has 3 amide bonds. The van der Waals surface area contributed by atoms with E-state index >= 15 is 0 Å². The molecule has 0 saturated carbocycles. The number of aromatic carboxylic acids is 1. The Bertz CT molecular complexity index is 446. The summed E-state index contributed by atoms with van der Waals surface area (Å²) in [6, 6.07) is 1.94. The number of imide groups is 1. The van der Waals surface area contributed by atoms with Gasteiger partial charge in [-0.25, -0.2) is 14.6 Å². The first-order valence-electron chi connectivity index (χ1n) is 4.40. The number of hydrogen-bond acceptors (Lipinski definition) is 5. The fraction of sp³-hybridized carbons (Fsp3) is 0.111. The van der Waals surface area contributed by atoms with Crippen LogP contribution in [0.2, 0.25) is 0 Å². The van der Waals surface area contributed by atoms with Crippen molar-refractivity contribution in [2.45, 2.75) is 5.03 Å². The number of carbonyl (C=O) groups is 3. The molecule has 0 aromatic carbocycles. The van der Waals surface area contributed by atoms with Gasteiger partial charge >= 0.3 is 12.0 Å². The number of aromatic nitrogens is 1. The highest BCUT2D eigenvalue weighted by Crippen LogP contribution is 2.14. The fourth-order valence-corrected chi connectivity index (χ4v) is 1.55. The minimum absolute atomic E-state index is 0.0254. The molecule has 90 valence electrons. The van der Waals surface area contributed by atoms with Crippen LogP contribution in [0.4, 0.5) is 4.79 Å². The third-order valence-corrected chi connectivity index (χ3v) is 2.54. The van der Waals surface area contributed by atoms with Gasteiger partial charge in [-0.3, -0.25) is 10.1 Å². The maximum absolute atomic E-state index is 11.0. The zero-order chi connectivity index (χ0) is 12.8. The number of thioether (sulfide) groups is 1. The standard InChI is InChI=1S/C9H9N3O4S/c10-9(16)12-6(13)4-17-7-2-1-5(3-11-7)8(14)15/h1-3H,4H2,(H,14,15)(H3,10,12,13,16). The second-order valence-corrected chi connectivity index (χ2v) is 3.89. The molecule has 0 saturated heterocycles. The number of nitrogens with zero attached hydrogens (tertiary/aromatic N) is 1. The van der Waals surface area contributed by atoms with E-state index in [9.17, 15) is 14.4 Å². The lowest BCUT2D eigenvalue weighted by atomic mass is 10.3. The second kappa shape index (κ2) is 5.85. The average Bonchev–Trinajstić information content (AvgIpc) is 2.26. The largest absolute Gasteiger partial charge is 0.478 e. The average molecular weight is 255 g/mol. The molecule has 1 aromatic rings. The van der Waals surface area contributed by atoms with E-state index in [-0.39, 0.29) is 11.3 Å². The second-order valence-electron chi connectivity index (χ2n) is 2.89. The normalized spacial score (nSPS) is 9.65. The molecular formula is C9H9N3O4S. The smallest absolute Gasteiger partial charge is 0.337 e. The van der Waals surface area contributed by atoms with Crippen molar-refractivity contribution < 1.29 is 19.5 Å². The number of urea groups is 1. The summed E-state index contributed by atoms with van der Waals surface area (Å²) < 4.78 is 0. The topological polar surface area (TPSA) is 122 Å². The van der Waals surface area contributed by atoms with E-state index in [4.69, 9.17) is 10.8 Å².